The van der Waals surface area contributed by atoms with Crippen LogP contribution in [-0.2, 0) is 140 Å². The van der Waals surface area contributed by atoms with Crippen LogP contribution in [0.5, 0.6) is 0 Å². The van der Waals surface area contributed by atoms with Crippen molar-refractivity contribution in [2.24, 2.45) is 0 Å². The van der Waals surface area contributed by atoms with Crippen molar-refractivity contribution in [3.05, 3.63) is 215 Å². The second-order valence-electron chi connectivity index (χ2n) is 29.0. The predicted octanol–water partition coefficient (Wildman–Crippen LogP) is 8.24. The predicted molar refractivity (Wildman–Crippen MR) is 398 cm³/mol. The van der Waals surface area contributed by atoms with Gasteiger partial charge in [0.1, 0.15) is 91.9 Å². The van der Waals surface area contributed by atoms with Crippen molar-refractivity contribution in [3.8, 4) is 0 Å². The number of methoxy groups -OCH3 is 1. The molecule has 0 saturated carbocycles. The van der Waals surface area contributed by atoms with Crippen LogP contribution in [0.1, 0.15) is 107 Å². The molecule has 29 nitrogen and oxygen atoms in total. The largest absolute Gasteiger partial charge is 0.465 e. The first-order valence-corrected chi connectivity index (χ1v) is 38.4. The van der Waals surface area contributed by atoms with E-state index in [4.69, 9.17) is 90.0 Å². The number of carbonyl (C=O) groups is 6. The first kappa shape index (κ1) is 82.3. The molecule has 29 heteroatoms. The lowest BCUT2D eigenvalue weighted by Crippen LogP contribution is -2.73. The van der Waals surface area contributed by atoms with Crippen molar-refractivity contribution in [3.63, 3.8) is 0 Å². The highest BCUT2D eigenvalue weighted by molar-refractivity contribution is 5.78. The molecule has 13 rings (SSSR count). The molecule has 0 bridgehead atoms. The lowest BCUT2D eigenvalue weighted by molar-refractivity contribution is -0.389. The number of nitrogens with one attached hydrogen (secondary N) is 3. The number of carbonyl (C=O) groups excluding carboxylic acids is 6. The average Bonchev–Trinajstić information content (AvgIpc) is 1.70. The molecule has 0 radical (unpaired) electrons. The number of benzene rings is 6. The second-order valence-corrected chi connectivity index (χ2v) is 29.0. The van der Waals surface area contributed by atoms with Crippen LogP contribution in [0.15, 0.2) is 182 Å². The number of esters is 2. The van der Waals surface area contributed by atoms with Gasteiger partial charge in [-0.1, -0.05) is 182 Å². The number of hydrogen-bond acceptors (Lipinski definition) is 25. The maximum Gasteiger partial charge on any atom is 0.410 e. The Bertz CT molecular complexity index is 4040. The van der Waals surface area contributed by atoms with Crippen molar-refractivity contribution in [1.29, 1.82) is 0 Å². The molecule has 4 amide bonds. The summed E-state index contributed by atoms with van der Waals surface area (Å²) in [5.41, 5.74) is 4.82. The summed E-state index contributed by atoms with van der Waals surface area (Å²) >= 11 is 0. The number of hydrogen-bond donors (Lipinski definition) is 3. The molecule has 7 fully saturated rings. The molecule has 113 heavy (non-hydrogen) atoms. The Morgan fingerprint density at radius 1 is 0.469 bits per heavy atom. The van der Waals surface area contributed by atoms with Gasteiger partial charge in [0.25, 0.3) is 5.79 Å². The van der Waals surface area contributed by atoms with E-state index in [9.17, 15) is 28.8 Å². The van der Waals surface area contributed by atoms with Crippen LogP contribution in [0.25, 0.3) is 0 Å². The molecule has 0 spiro atoms. The van der Waals surface area contributed by atoms with Crippen LogP contribution in [0.4, 0.5) is 4.79 Å². The summed E-state index contributed by atoms with van der Waals surface area (Å²) in [6, 6.07) is 52.5. The highest BCUT2D eigenvalue weighted by atomic mass is 16.8. The number of amides is 4. The van der Waals surface area contributed by atoms with Crippen LogP contribution in [0.2, 0.25) is 0 Å². The molecule has 6 aromatic carbocycles. The van der Waals surface area contributed by atoms with Gasteiger partial charge in [-0.2, -0.15) is 0 Å². The van der Waals surface area contributed by atoms with E-state index >= 15 is 0 Å². The summed E-state index contributed by atoms with van der Waals surface area (Å²) in [7, 11) is 1.20. The minimum absolute atomic E-state index is 0.0304. The first-order valence-electron chi connectivity index (χ1n) is 38.4. The van der Waals surface area contributed by atoms with E-state index in [0.717, 1.165) is 27.8 Å². The number of nitrogens with zero attached hydrogens (tertiary/aromatic N) is 1. The monoisotopic (exact) mass is 1560 g/mol. The first-order chi connectivity index (χ1) is 54.8. The van der Waals surface area contributed by atoms with E-state index in [1.54, 1.807) is 11.8 Å². The number of fused-ring (bicyclic) bond motifs is 3. The van der Waals surface area contributed by atoms with Gasteiger partial charge in [0, 0.05) is 65.4 Å². The third-order valence-electron chi connectivity index (χ3n) is 20.5. The maximum absolute atomic E-state index is 14.2. The summed E-state index contributed by atoms with van der Waals surface area (Å²) in [6.45, 7) is 8.96. The average molecular weight is 1570 g/mol. The minimum atomic E-state index is -2.06. The van der Waals surface area contributed by atoms with Crippen LogP contribution in [0.3, 0.4) is 0 Å². The maximum atomic E-state index is 14.2. The van der Waals surface area contributed by atoms with E-state index < -0.39 is 177 Å². The Hall–Kier alpha value is -8.70. The standard InChI is InChI=1S/C84H100N4O25/c1-50-67(103-54(5)92)72(110-79-64(85-51(2)89)71(98-45-57-33-19-10-20-34-57)68-62(104-79)48-99-76(107-68)59-37-23-12-24-38-59)65(86-52(3)90)78(102-50)111-73-66(87-53(4)91)80(105-63-49-100-77(108-69(63)73)60-39-25-13-26-40-60)109-70-61(47-96-44-56-31-17-9-18-32-56)106-81(75-74(70)112-84(6,113-75)82(93)95-7)97-42-28-14-27-41-88(43-55-29-15-8-16-30-55)83(94)101-46-58-35-21-11-22-36-58/h8-13,15-26,29-40,50,61-81H,14,27-28,41-49H2,1-7H3,(H,85,89)(H,86,90)(H,87,91)/t50-,61-,62+,63+,64-,65-,66+,67+,68+,69-,70-,71+,72-,73+,74-,75-,76+,77-,78-,79-,80+,81-,84-/m0/s1. The molecule has 0 aromatic heterocycles. The Labute approximate surface area is 656 Å². The van der Waals surface area contributed by atoms with Crippen LogP contribution >= 0.6 is 0 Å². The zero-order valence-corrected chi connectivity index (χ0v) is 64.2. The quantitative estimate of drug-likeness (QED) is 0.0209. The van der Waals surface area contributed by atoms with E-state index in [2.05, 4.69) is 16.0 Å². The van der Waals surface area contributed by atoms with E-state index in [0.29, 0.717) is 37.9 Å². The van der Waals surface area contributed by atoms with Gasteiger partial charge < -0.3 is 111 Å². The van der Waals surface area contributed by atoms with Crippen molar-refractivity contribution < 1.29 is 119 Å². The fourth-order valence-corrected chi connectivity index (χ4v) is 15.2. The fourth-order valence-electron chi connectivity index (χ4n) is 15.2. The van der Waals surface area contributed by atoms with Gasteiger partial charge in [-0.15, -0.1) is 0 Å². The van der Waals surface area contributed by atoms with Gasteiger partial charge in [0.15, 0.2) is 43.8 Å². The number of rotatable bonds is 31. The molecule has 7 aliphatic heterocycles. The lowest BCUT2D eigenvalue weighted by atomic mass is 9.92. The van der Waals surface area contributed by atoms with Crippen molar-refractivity contribution in [2.75, 3.05) is 40.1 Å². The summed E-state index contributed by atoms with van der Waals surface area (Å²) in [5.74, 6) is -5.34. The summed E-state index contributed by atoms with van der Waals surface area (Å²) in [4.78, 5) is 84.6. The zero-order chi connectivity index (χ0) is 79.0. The Morgan fingerprint density at radius 3 is 1.48 bits per heavy atom. The number of unbranched alkanes of at least 4 members (excludes halogenated alkanes) is 2. The van der Waals surface area contributed by atoms with Gasteiger partial charge in [-0.25, -0.2) is 9.59 Å². The summed E-state index contributed by atoms with van der Waals surface area (Å²) < 4.78 is 127. The molecule has 6 aromatic rings. The molecule has 7 aliphatic rings. The highest BCUT2D eigenvalue weighted by Gasteiger charge is 2.64. The van der Waals surface area contributed by atoms with Crippen molar-refractivity contribution in [1.82, 2.24) is 20.9 Å². The van der Waals surface area contributed by atoms with Crippen molar-refractivity contribution >= 4 is 35.8 Å². The van der Waals surface area contributed by atoms with E-state index in [-0.39, 0.29) is 46.2 Å². The molecule has 3 N–H and O–H groups in total. The smallest absolute Gasteiger partial charge is 0.410 e. The normalized spacial score (nSPS) is 31.9. The second kappa shape index (κ2) is 39.1. The molecular formula is C84H100N4O25. The molecule has 23 atom stereocenters. The van der Waals surface area contributed by atoms with Gasteiger partial charge in [0.05, 0.1) is 46.2 Å². The van der Waals surface area contributed by atoms with Crippen LogP contribution in [-0.4, -0.2) is 209 Å². The van der Waals surface area contributed by atoms with Crippen LogP contribution in [0, 0.1) is 0 Å². The molecule has 606 valence electrons. The van der Waals surface area contributed by atoms with Gasteiger partial charge in [-0.05, 0) is 48.4 Å². The molecular weight excluding hydrogens is 1460 g/mol. The Balaban J connectivity index is 0.806. The number of ether oxygens (including phenoxy) is 19. The molecule has 0 aliphatic carbocycles. The van der Waals surface area contributed by atoms with Crippen LogP contribution < -0.4 is 16.0 Å². The molecule has 7 heterocycles. The topological polar surface area (TPSA) is 317 Å². The lowest BCUT2D eigenvalue weighted by Gasteiger charge is -2.53. The molecule has 0 unspecified atom stereocenters. The van der Waals surface area contributed by atoms with Crippen molar-refractivity contribution in [2.45, 2.75) is 228 Å². The summed E-state index contributed by atoms with van der Waals surface area (Å²) in [6.07, 6.45) is -21.7. The van der Waals surface area contributed by atoms with Gasteiger partial charge in [-0.3, -0.25) is 19.2 Å². The third kappa shape index (κ3) is 21.1. The third-order valence-corrected chi connectivity index (χ3v) is 20.5. The highest BCUT2D eigenvalue weighted by Crippen LogP contribution is 2.45. The zero-order valence-electron chi connectivity index (χ0n) is 64.2. The molecule has 7 saturated heterocycles. The SMILES string of the molecule is COC(=O)[C@@]1(C)O[C@@H]2[C@H](O1)[C@@H](OCCCCCN(Cc1ccccc1)C(=O)OCc1ccccc1)O[C@@H](COCc1ccccc1)[C@@H]2O[C@H]1O[C@@H]2CO[C@H](c3ccccc3)O[C@@H]2[C@H](O[C@@H]2O[C@@H](C)[C@@H](OC(C)=O)[C@@H](O[C@@H]3O[C@@H]4CO[C@@H](c5ccccc5)O[C@H]4[C@H](OCc4ccccc4)[C@@H]3NC(C)=O)[C@@H]2NC(C)=O)[C@H]1NC(C)=O. The fraction of sp³-hybridized carbons (Fsp3) is 0.500. The van der Waals surface area contributed by atoms with Gasteiger partial charge >= 0.3 is 18.0 Å². The summed E-state index contributed by atoms with van der Waals surface area (Å²) in [5, 5.41) is 9.05. The van der Waals surface area contributed by atoms with E-state index in [1.165, 1.54) is 41.7 Å². The Morgan fingerprint density at radius 2 is 0.938 bits per heavy atom. The minimum Gasteiger partial charge on any atom is -0.465 e. The van der Waals surface area contributed by atoms with E-state index in [1.807, 2.05) is 182 Å². The van der Waals surface area contributed by atoms with Gasteiger partial charge in [0.2, 0.25) is 17.7 Å². The Kier molecular flexibility index (Phi) is 28.5.